The molecule has 2 fully saturated rings. The van der Waals surface area contributed by atoms with E-state index in [0.717, 1.165) is 106 Å². The van der Waals surface area contributed by atoms with Crippen LogP contribution >= 0.6 is 62.3 Å². The van der Waals surface area contributed by atoms with E-state index in [1.165, 1.54) is 4.57 Å². The van der Waals surface area contributed by atoms with Crippen molar-refractivity contribution in [3.8, 4) is 23.3 Å². The summed E-state index contributed by atoms with van der Waals surface area (Å²) in [5.41, 5.74) is 15.9. The fraction of sp³-hybridized carbons (Fsp3) is 0.339. The summed E-state index contributed by atoms with van der Waals surface area (Å²) in [4.78, 5) is 61.0. The van der Waals surface area contributed by atoms with Crippen molar-refractivity contribution in [3.05, 3.63) is 183 Å². The Labute approximate surface area is 525 Å². The normalized spacial score (nSPS) is 16.5. The van der Waals surface area contributed by atoms with Crippen molar-refractivity contribution in [2.24, 2.45) is 11.1 Å². The van der Waals surface area contributed by atoms with E-state index in [1.54, 1.807) is 53.6 Å². The van der Waals surface area contributed by atoms with Crippen LogP contribution in [0.5, 0.6) is 23.3 Å². The Morgan fingerprint density at radius 3 is 1.81 bits per heavy atom. The molecule has 0 unspecified atom stereocenters. The SMILES string of the molecule is COc1ccc(COc2nc(Cl)nc3c2C(c2ccnc(C)c2Cl)=CC3)cc1.COc1ccc(COc2nc(Cl)nc3c2c(Br)cn3C(=O)OC(C)(C)C)cc1.Cc1nccc(C2=CCc3nc(N4CCC5(CC4)CO[C@@H](C)[C@H]5N)[nH]c(=O)c32)c1Cl. The van der Waals surface area contributed by atoms with E-state index in [0.29, 0.717) is 62.4 Å². The third-order valence-corrected chi connectivity index (χ3v) is 17.1. The third-order valence-electron chi connectivity index (χ3n) is 15.3. The number of rotatable bonds is 11. The van der Waals surface area contributed by atoms with Gasteiger partial charge in [0, 0.05) is 67.1 Å². The van der Waals surface area contributed by atoms with E-state index in [4.69, 9.17) is 85.5 Å². The summed E-state index contributed by atoms with van der Waals surface area (Å²) in [7, 11) is 3.25. The Balaban J connectivity index is 0.000000143. The quantitative estimate of drug-likeness (QED) is 0.115. The monoisotopic (exact) mass is 1310 g/mol. The highest BCUT2D eigenvalue weighted by Crippen LogP contribution is 2.44. The van der Waals surface area contributed by atoms with Gasteiger partial charge in [0.25, 0.3) is 5.56 Å². The van der Waals surface area contributed by atoms with Crippen LogP contribution in [0.25, 0.3) is 22.2 Å². The van der Waals surface area contributed by atoms with Crippen LogP contribution in [-0.4, -0.2) is 102 Å². The van der Waals surface area contributed by atoms with Gasteiger partial charge < -0.3 is 39.1 Å². The molecule has 2 atom stereocenters. The van der Waals surface area contributed by atoms with Crippen LogP contribution in [0, 0.1) is 19.3 Å². The Morgan fingerprint density at radius 1 is 0.756 bits per heavy atom. The number of allylic oxidation sites excluding steroid dienone is 2. The number of aromatic amines is 1. The number of pyridine rings is 2. The number of halogens is 5. The van der Waals surface area contributed by atoms with Crippen LogP contribution in [0.2, 0.25) is 20.6 Å². The predicted molar refractivity (Wildman–Crippen MR) is 335 cm³/mol. The topological polar surface area (TPSA) is 230 Å². The van der Waals surface area contributed by atoms with Crippen LogP contribution in [0.15, 0.2) is 101 Å². The van der Waals surface area contributed by atoms with Gasteiger partial charge in [-0.25, -0.2) is 19.3 Å². The average molecular weight is 1310 g/mol. The highest BCUT2D eigenvalue weighted by Gasteiger charge is 2.48. The van der Waals surface area contributed by atoms with Crippen molar-refractivity contribution < 1.29 is 33.2 Å². The molecule has 86 heavy (non-hydrogen) atoms. The molecule has 19 nitrogen and oxygen atoms in total. The van der Waals surface area contributed by atoms with Crippen molar-refractivity contribution in [2.75, 3.05) is 38.8 Å². The van der Waals surface area contributed by atoms with Crippen LogP contribution < -0.4 is 35.1 Å². The largest absolute Gasteiger partial charge is 0.497 e. The minimum atomic E-state index is -0.648. The van der Waals surface area contributed by atoms with Gasteiger partial charge in [0.15, 0.2) is 5.65 Å². The number of hydrogen-bond donors (Lipinski definition) is 2. The summed E-state index contributed by atoms with van der Waals surface area (Å²) >= 11 is 28.6. The number of aryl methyl sites for hydroxylation is 2. The molecule has 0 radical (unpaired) electrons. The zero-order valence-corrected chi connectivity index (χ0v) is 53.0. The number of anilines is 1. The smallest absolute Gasteiger partial charge is 0.420 e. The lowest BCUT2D eigenvalue weighted by molar-refractivity contribution is 0.0543. The summed E-state index contributed by atoms with van der Waals surface area (Å²) in [6, 6.07) is 18.9. The Hall–Kier alpha value is -7.17. The first-order valence-electron chi connectivity index (χ1n) is 27.6. The van der Waals surface area contributed by atoms with Gasteiger partial charge in [-0.15, -0.1) is 0 Å². The van der Waals surface area contributed by atoms with E-state index >= 15 is 0 Å². The molecule has 4 aliphatic rings. The summed E-state index contributed by atoms with van der Waals surface area (Å²) in [6.07, 6.45) is 11.8. The summed E-state index contributed by atoms with van der Waals surface area (Å²) in [5.74, 6) is 2.90. The molecule has 8 heterocycles. The number of benzene rings is 2. The molecule has 3 N–H and O–H groups in total. The van der Waals surface area contributed by atoms with Gasteiger partial charge in [0.2, 0.25) is 28.3 Å². The van der Waals surface area contributed by atoms with E-state index in [9.17, 15) is 9.59 Å². The van der Waals surface area contributed by atoms with Crippen molar-refractivity contribution in [2.45, 2.75) is 98.2 Å². The number of carbonyl (C=O) groups excluding carboxylic acids is 1. The highest BCUT2D eigenvalue weighted by atomic mass is 79.9. The number of nitrogens with one attached hydrogen (secondary N) is 1. The number of carbonyl (C=O) groups is 1. The molecule has 448 valence electrons. The first-order chi connectivity index (χ1) is 41.1. The first-order valence-corrected chi connectivity index (χ1v) is 29.9. The number of nitrogens with two attached hydrogens (primary N) is 1. The van der Waals surface area contributed by atoms with Crippen LogP contribution in [0.3, 0.4) is 0 Å². The van der Waals surface area contributed by atoms with Crippen molar-refractivity contribution in [1.82, 2.24) is 44.4 Å². The minimum absolute atomic E-state index is 0.0346. The number of hydrogen-bond acceptors (Lipinski definition) is 17. The van der Waals surface area contributed by atoms with Gasteiger partial charge >= 0.3 is 6.09 Å². The molecule has 2 saturated heterocycles. The number of nitrogens with zero attached hydrogens (tertiary/aromatic N) is 9. The van der Waals surface area contributed by atoms with Crippen LogP contribution in [0.4, 0.5) is 10.7 Å². The lowest BCUT2D eigenvalue weighted by Gasteiger charge is -2.41. The molecule has 1 spiro atoms. The van der Waals surface area contributed by atoms with Gasteiger partial charge in [-0.2, -0.15) is 15.0 Å². The number of fused-ring (bicyclic) bond motifs is 3. The number of ether oxygens (including phenoxy) is 6. The third kappa shape index (κ3) is 13.4. The van der Waals surface area contributed by atoms with Crippen molar-refractivity contribution in [3.63, 3.8) is 0 Å². The summed E-state index contributed by atoms with van der Waals surface area (Å²) < 4.78 is 35.3. The average Bonchev–Trinajstić information content (AvgIpc) is 3.56. The fourth-order valence-electron chi connectivity index (χ4n) is 10.6. The first kappa shape index (κ1) is 61.9. The molecular weight excluding hydrogens is 1250 g/mol. The van der Waals surface area contributed by atoms with Gasteiger partial charge in [0.1, 0.15) is 30.3 Å². The predicted octanol–water partition coefficient (Wildman–Crippen LogP) is 12.7. The van der Waals surface area contributed by atoms with Crippen molar-refractivity contribution in [1.29, 1.82) is 0 Å². The zero-order valence-electron chi connectivity index (χ0n) is 48.4. The fourth-order valence-corrected chi connectivity index (χ4v) is 11.9. The van der Waals surface area contributed by atoms with Crippen LogP contribution in [-0.2, 0) is 35.5 Å². The maximum Gasteiger partial charge on any atom is 0.420 e. The van der Waals surface area contributed by atoms with E-state index in [2.05, 4.69) is 61.8 Å². The van der Waals surface area contributed by atoms with E-state index in [-0.39, 0.29) is 46.2 Å². The second-order valence-corrected chi connectivity index (χ2v) is 24.3. The van der Waals surface area contributed by atoms with Gasteiger partial charge in [-0.05, 0) is 152 Å². The molecule has 0 amide bonds. The number of piperidine rings is 1. The molecule has 2 aromatic carbocycles. The summed E-state index contributed by atoms with van der Waals surface area (Å²) in [6.45, 7) is 14.1. The second-order valence-electron chi connectivity index (χ2n) is 22.0. The van der Waals surface area contributed by atoms with Crippen LogP contribution in [0.1, 0.15) is 96.7 Å². The lowest BCUT2D eigenvalue weighted by atomic mass is 9.73. The lowest BCUT2D eigenvalue weighted by Crippen LogP contribution is -2.51. The van der Waals surface area contributed by atoms with Gasteiger partial charge in [-0.3, -0.25) is 19.7 Å². The van der Waals surface area contributed by atoms with E-state index in [1.807, 2.05) is 87.5 Å². The number of aromatic nitrogens is 9. The maximum absolute atomic E-state index is 13.0. The maximum atomic E-state index is 13.0. The zero-order chi connectivity index (χ0) is 61.2. The molecule has 0 bridgehead atoms. The Kier molecular flexibility index (Phi) is 18.7. The molecule has 6 aromatic heterocycles. The van der Waals surface area contributed by atoms with Gasteiger partial charge in [0.05, 0.1) is 80.7 Å². The van der Waals surface area contributed by atoms with Gasteiger partial charge in [-0.1, -0.05) is 59.6 Å². The standard InChI is InChI=1S/C22H26ClN5O2.C21H17Cl2N3O2.C19H19BrClN3O4/c1-12-18(23)15(5-8-25-12)14-3-4-16-17(14)20(29)27-21(26-16)28-9-6-22(7-10-28)11-30-13(2)19(22)24;1-12-19(22)16(9-10-24-12)15-7-8-17-18(15)20(26-21(23)25-17)28-11-13-3-5-14(27-2)6-4-13;1-19(2,3)28-18(25)24-9-13(20)14-15(24)22-17(21)23-16(14)27-10-11-5-7-12(26-4)8-6-11/h3,5,8,13,19H,4,6-7,9-11,24H2,1-2H3,(H,26,27,29);3-7,9-10H,8,11H2,1-2H3;5-9H,10H2,1-4H3/t13-,19+;;/m0../s1. The molecule has 2 aliphatic heterocycles. The molecular formula is C62H62BrCl4N11O8. The molecule has 12 rings (SSSR count). The Morgan fingerprint density at radius 2 is 1.28 bits per heavy atom. The molecule has 24 heteroatoms. The molecule has 0 saturated carbocycles. The van der Waals surface area contributed by atoms with E-state index < -0.39 is 11.7 Å². The Bertz CT molecular complexity index is 3980. The number of methoxy groups -OCH3 is 2. The molecule has 2 aliphatic carbocycles. The highest BCUT2D eigenvalue weighted by molar-refractivity contribution is 9.10. The second kappa shape index (κ2) is 26.0. The van der Waals surface area contributed by atoms with Crippen molar-refractivity contribution >= 4 is 96.6 Å². The summed E-state index contributed by atoms with van der Waals surface area (Å²) in [5, 5.41) is 1.84. The minimum Gasteiger partial charge on any atom is -0.497 e. The molecule has 8 aromatic rings. The number of H-pyrrole nitrogens is 1.